The van der Waals surface area contributed by atoms with Gasteiger partial charge in [0.1, 0.15) is 6.10 Å². The van der Waals surface area contributed by atoms with Crippen LogP contribution in [-0.4, -0.2) is 31.3 Å². The Hall–Kier alpha value is -2.46. The lowest BCUT2D eigenvalue weighted by atomic mass is 10.1. The van der Waals surface area contributed by atoms with Gasteiger partial charge in [0.15, 0.2) is 11.5 Å². The number of ether oxygens (including phenoxy) is 2. The minimum Gasteiger partial charge on any atom is -0.493 e. The maximum absolute atomic E-state index is 5.97. The van der Waals surface area contributed by atoms with Gasteiger partial charge in [0, 0.05) is 23.6 Å². The second-order valence-corrected chi connectivity index (χ2v) is 6.75. The van der Waals surface area contributed by atoms with Gasteiger partial charge in [0.05, 0.1) is 7.11 Å². The predicted molar refractivity (Wildman–Crippen MR) is 107 cm³/mol. The summed E-state index contributed by atoms with van der Waals surface area (Å²) in [5.41, 5.74) is 3.92. The predicted octanol–water partition coefficient (Wildman–Crippen LogP) is 4.47. The zero-order valence-corrected chi connectivity index (χ0v) is 15.8. The van der Waals surface area contributed by atoms with Crippen LogP contribution in [0.5, 0.6) is 11.5 Å². The Morgan fingerprint density at radius 2 is 1.92 bits per heavy atom. The highest BCUT2D eigenvalue weighted by molar-refractivity contribution is 5.83. The van der Waals surface area contributed by atoms with Crippen molar-refractivity contribution in [3.05, 3.63) is 59.8 Å². The van der Waals surface area contributed by atoms with Crippen molar-refractivity contribution < 1.29 is 9.47 Å². The van der Waals surface area contributed by atoms with Gasteiger partial charge in [-0.25, -0.2) is 0 Å². The summed E-state index contributed by atoms with van der Waals surface area (Å²) in [5, 5.41) is 4.83. The number of aryl methyl sites for hydroxylation is 2. The lowest BCUT2D eigenvalue weighted by Crippen LogP contribution is -2.29. The minimum atomic E-state index is 0.0852. The van der Waals surface area contributed by atoms with Crippen LogP contribution in [0.15, 0.2) is 48.7 Å². The number of para-hydroxylation sites is 2. The Labute approximate surface area is 155 Å². The fourth-order valence-corrected chi connectivity index (χ4v) is 3.18. The Bertz CT molecular complexity index is 841. The third-order valence-corrected chi connectivity index (χ3v) is 4.55. The van der Waals surface area contributed by atoms with E-state index in [1.165, 1.54) is 22.0 Å². The number of fused-ring (bicyclic) bond motifs is 1. The van der Waals surface area contributed by atoms with Gasteiger partial charge >= 0.3 is 0 Å². The molecule has 3 rings (SSSR count). The lowest BCUT2D eigenvalue weighted by molar-refractivity contribution is 0.208. The molecule has 0 fully saturated rings. The van der Waals surface area contributed by atoms with E-state index in [2.05, 4.69) is 48.5 Å². The number of aromatic nitrogens is 1. The molecule has 0 bridgehead atoms. The topological polar surface area (TPSA) is 46.3 Å². The average Bonchev–Trinajstić information content (AvgIpc) is 3.04. The van der Waals surface area contributed by atoms with Gasteiger partial charge in [0.25, 0.3) is 0 Å². The molecular weight excluding hydrogens is 324 g/mol. The Morgan fingerprint density at radius 3 is 2.73 bits per heavy atom. The molecule has 1 atom stereocenters. The van der Waals surface area contributed by atoms with E-state index < -0.39 is 0 Å². The fourth-order valence-electron chi connectivity index (χ4n) is 3.18. The van der Waals surface area contributed by atoms with Gasteiger partial charge < -0.3 is 19.8 Å². The Balaban J connectivity index is 1.41. The van der Waals surface area contributed by atoms with E-state index in [4.69, 9.17) is 9.47 Å². The van der Waals surface area contributed by atoms with Gasteiger partial charge in [-0.05, 0) is 63.1 Å². The van der Waals surface area contributed by atoms with Crippen LogP contribution in [0.25, 0.3) is 10.9 Å². The van der Waals surface area contributed by atoms with Crippen LogP contribution < -0.4 is 14.8 Å². The minimum absolute atomic E-state index is 0.0852. The average molecular weight is 352 g/mol. The van der Waals surface area contributed by atoms with E-state index in [1.807, 2.05) is 24.3 Å². The van der Waals surface area contributed by atoms with Crippen LogP contribution in [-0.2, 0) is 6.42 Å². The quantitative estimate of drug-likeness (QED) is 0.558. The van der Waals surface area contributed by atoms with Crippen molar-refractivity contribution in [2.75, 3.05) is 20.2 Å². The maximum Gasteiger partial charge on any atom is 0.161 e. The molecule has 0 radical (unpaired) electrons. The van der Waals surface area contributed by atoms with E-state index in [0.29, 0.717) is 0 Å². The molecule has 0 amide bonds. The molecule has 0 spiro atoms. The molecule has 2 aromatic carbocycles. The van der Waals surface area contributed by atoms with Crippen molar-refractivity contribution >= 4 is 10.9 Å². The zero-order valence-electron chi connectivity index (χ0n) is 15.8. The van der Waals surface area contributed by atoms with Crippen LogP contribution in [0.1, 0.15) is 24.5 Å². The molecule has 0 saturated heterocycles. The molecule has 2 N–H and O–H groups in total. The summed E-state index contributed by atoms with van der Waals surface area (Å²) >= 11 is 0. The molecule has 3 aromatic rings. The van der Waals surface area contributed by atoms with Crippen LogP contribution in [0.2, 0.25) is 0 Å². The second kappa shape index (κ2) is 8.77. The number of benzene rings is 2. The smallest absolute Gasteiger partial charge is 0.161 e. The second-order valence-electron chi connectivity index (χ2n) is 6.75. The first-order valence-corrected chi connectivity index (χ1v) is 9.24. The van der Waals surface area contributed by atoms with Crippen LogP contribution >= 0.6 is 0 Å². The highest BCUT2D eigenvalue weighted by Crippen LogP contribution is 2.26. The fraction of sp³-hybridized carbons (Fsp3) is 0.364. The highest BCUT2D eigenvalue weighted by atomic mass is 16.5. The monoisotopic (exact) mass is 352 g/mol. The number of aromatic amines is 1. The van der Waals surface area contributed by atoms with Crippen molar-refractivity contribution in [3.63, 3.8) is 0 Å². The van der Waals surface area contributed by atoms with Crippen LogP contribution in [0.4, 0.5) is 0 Å². The van der Waals surface area contributed by atoms with Crippen molar-refractivity contribution in [2.45, 2.75) is 32.8 Å². The van der Waals surface area contributed by atoms with Gasteiger partial charge in [-0.3, -0.25) is 0 Å². The highest BCUT2D eigenvalue weighted by Gasteiger charge is 2.08. The Morgan fingerprint density at radius 1 is 1.12 bits per heavy atom. The third kappa shape index (κ3) is 4.58. The van der Waals surface area contributed by atoms with Crippen molar-refractivity contribution in [1.29, 1.82) is 0 Å². The summed E-state index contributed by atoms with van der Waals surface area (Å²) in [5.74, 6) is 1.56. The summed E-state index contributed by atoms with van der Waals surface area (Å²) in [4.78, 5) is 3.36. The number of hydrogen-bond donors (Lipinski definition) is 2. The van der Waals surface area contributed by atoms with Crippen LogP contribution in [0.3, 0.4) is 0 Å². The van der Waals surface area contributed by atoms with Gasteiger partial charge in [-0.2, -0.15) is 0 Å². The van der Waals surface area contributed by atoms with Gasteiger partial charge in [-0.15, -0.1) is 0 Å². The molecule has 26 heavy (non-hydrogen) atoms. The summed E-state index contributed by atoms with van der Waals surface area (Å²) in [7, 11) is 1.66. The van der Waals surface area contributed by atoms with E-state index in [0.717, 1.165) is 37.4 Å². The molecule has 1 aromatic heterocycles. The molecule has 138 valence electrons. The first kappa shape index (κ1) is 18.3. The number of methoxy groups -OCH3 is 1. The molecule has 0 aliphatic rings. The SMILES string of the molecule is COc1ccccc1OC(C)CNCCCc1c[nH]c2ccc(C)cc12. The molecule has 0 saturated carbocycles. The van der Waals surface area contributed by atoms with Gasteiger partial charge in [0.2, 0.25) is 0 Å². The van der Waals surface area contributed by atoms with E-state index in [9.17, 15) is 0 Å². The zero-order chi connectivity index (χ0) is 18.4. The van der Waals surface area contributed by atoms with E-state index >= 15 is 0 Å². The largest absolute Gasteiger partial charge is 0.493 e. The normalized spacial score (nSPS) is 12.3. The number of rotatable bonds is 9. The number of hydrogen-bond acceptors (Lipinski definition) is 3. The number of H-pyrrole nitrogens is 1. The van der Waals surface area contributed by atoms with Crippen LogP contribution in [0, 0.1) is 6.92 Å². The summed E-state index contributed by atoms with van der Waals surface area (Å²) < 4.78 is 11.3. The van der Waals surface area contributed by atoms with Gasteiger partial charge in [-0.1, -0.05) is 23.8 Å². The molecule has 0 aliphatic heterocycles. The molecule has 4 heteroatoms. The van der Waals surface area contributed by atoms with Crippen molar-refractivity contribution in [1.82, 2.24) is 10.3 Å². The first-order chi connectivity index (χ1) is 12.7. The molecule has 1 heterocycles. The first-order valence-electron chi connectivity index (χ1n) is 9.24. The third-order valence-electron chi connectivity index (χ3n) is 4.55. The summed E-state index contributed by atoms with van der Waals surface area (Å²) in [6.45, 7) is 5.99. The lowest BCUT2D eigenvalue weighted by Gasteiger charge is -2.17. The summed E-state index contributed by atoms with van der Waals surface area (Å²) in [6, 6.07) is 14.3. The van der Waals surface area contributed by atoms with E-state index in [-0.39, 0.29) is 6.10 Å². The Kier molecular flexibility index (Phi) is 6.18. The number of nitrogens with one attached hydrogen (secondary N) is 2. The molecule has 0 aliphatic carbocycles. The molecular formula is C22H28N2O2. The molecule has 1 unspecified atom stereocenters. The summed E-state index contributed by atoms with van der Waals surface area (Å²) in [6.07, 6.45) is 4.39. The maximum atomic E-state index is 5.97. The van der Waals surface area contributed by atoms with Crippen molar-refractivity contribution in [2.24, 2.45) is 0 Å². The molecule has 4 nitrogen and oxygen atoms in total. The van der Waals surface area contributed by atoms with E-state index in [1.54, 1.807) is 7.11 Å². The van der Waals surface area contributed by atoms with Crippen molar-refractivity contribution in [3.8, 4) is 11.5 Å². The standard InChI is InChI=1S/C22H28N2O2/c1-16-10-11-20-19(13-16)18(15-24-20)7-6-12-23-14-17(2)26-22-9-5-4-8-21(22)25-3/h4-5,8-11,13,15,17,23-24H,6-7,12,14H2,1-3H3.